The van der Waals surface area contributed by atoms with Crippen molar-refractivity contribution >= 4 is 5.97 Å². The molecule has 1 fully saturated rings. The van der Waals surface area contributed by atoms with E-state index in [0.717, 1.165) is 19.3 Å². The number of hydrogen-bond acceptors (Lipinski definition) is 3. The summed E-state index contributed by atoms with van der Waals surface area (Å²) in [5.74, 6) is 1.15. The van der Waals surface area contributed by atoms with E-state index in [2.05, 4.69) is 13.0 Å². The molecule has 22 heavy (non-hydrogen) atoms. The Labute approximate surface area is 133 Å². The first-order valence-corrected chi connectivity index (χ1v) is 8.44. The molecule has 0 amide bonds. The maximum absolute atomic E-state index is 12.3. The van der Waals surface area contributed by atoms with Crippen molar-refractivity contribution < 1.29 is 9.53 Å². The molecule has 3 nitrogen and oxygen atoms in total. The number of carbonyl (C=O) groups excluding carboxylic acids is 1. The first-order chi connectivity index (χ1) is 10.7. The van der Waals surface area contributed by atoms with Crippen molar-refractivity contribution in [3.05, 3.63) is 29.8 Å². The van der Waals surface area contributed by atoms with Gasteiger partial charge in [0.05, 0.1) is 17.6 Å². The number of carbonyl (C=O) groups is 1. The van der Waals surface area contributed by atoms with Crippen molar-refractivity contribution in [1.29, 1.82) is 5.26 Å². The number of rotatable bonds is 6. The Bertz CT molecular complexity index is 515. The number of ether oxygens (including phenoxy) is 1. The van der Waals surface area contributed by atoms with Crippen molar-refractivity contribution in [2.24, 2.45) is 11.8 Å². The van der Waals surface area contributed by atoms with Crippen LogP contribution in [0.25, 0.3) is 0 Å². The summed E-state index contributed by atoms with van der Waals surface area (Å²) in [6.45, 7) is 2.22. The normalized spacial score (nSPS) is 21.1. The van der Waals surface area contributed by atoms with E-state index in [1.165, 1.54) is 32.1 Å². The molecule has 0 heterocycles. The van der Waals surface area contributed by atoms with E-state index in [1.807, 2.05) is 0 Å². The average molecular weight is 299 g/mol. The van der Waals surface area contributed by atoms with Gasteiger partial charge < -0.3 is 4.74 Å². The lowest BCUT2D eigenvalue weighted by Crippen LogP contribution is -2.26. The van der Waals surface area contributed by atoms with E-state index < -0.39 is 0 Å². The molecule has 0 spiro atoms. The quantitative estimate of drug-likeness (QED) is 0.428. The molecule has 0 N–H and O–H groups in total. The third-order valence-corrected chi connectivity index (χ3v) is 4.53. The Hall–Kier alpha value is -1.82. The number of unbranched alkanes of at least 4 members (excludes halogenated alkanes) is 2. The largest absolute Gasteiger partial charge is 0.426 e. The van der Waals surface area contributed by atoms with E-state index in [1.54, 1.807) is 24.3 Å². The summed E-state index contributed by atoms with van der Waals surface area (Å²) in [5, 5.41) is 8.77. The topological polar surface area (TPSA) is 50.1 Å². The van der Waals surface area contributed by atoms with Crippen LogP contribution in [0.4, 0.5) is 0 Å². The first-order valence-electron chi connectivity index (χ1n) is 8.44. The standard InChI is InChI=1S/C19H25NO2/c1-2-3-4-6-15-7-5-8-17(13-15)19(21)22-18-11-9-16(14-20)10-12-18/h9-12,15,17H,2-8,13H2,1H3/t15-,17-/m0/s1. The number of benzene rings is 1. The lowest BCUT2D eigenvalue weighted by Gasteiger charge is -2.27. The monoisotopic (exact) mass is 299 g/mol. The van der Waals surface area contributed by atoms with Crippen LogP contribution in [0.15, 0.2) is 24.3 Å². The van der Waals surface area contributed by atoms with E-state index >= 15 is 0 Å². The second-order valence-electron chi connectivity index (χ2n) is 6.28. The summed E-state index contributed by atoms with van der Waals surface area (Å²) in [6, 6.07) is 8.80. The molecule has 0 saturated heterocycles. The van der Waals surface area contributed by atoms with Gasteiger partial charge in [-0.2, -0.15) is 5.26 Å². The second-order valence-corrected chi connectivity index (χ2v) is 6.28. The highest BCUT2D eigenvalue weighted by Gasteiger charge is 2.28. The van der Waals surface area contributed by atoms with Gasteiger partial charge >= 0.3 is 5.97 Å². The molecular formula is C19H25NO2. The second kappa shape index (κ2) is 8.58. The highest BCUT2D eigenvalue weighted by atomic mass is 16.5. The van der Waals surface area contributed by atoms with Crippen LogP contribution in [0.3, 0.4) is 0 Å². The molecule has 2 atom stereocenters. The lowest BCUT2D eigenvalue weighted by atomic mass is 9.79. The van der Waals surface area contributed by atoms with Gasteiger partial charge in [0, 0.05) is 0 Å². The van der Waals surface area contributed by atoms with Gasteiger partial charge in [0.2, 0.25) is 0 Å². The van der Waals surface area contributed by atoms with Crippen molar-refractivity contribution in [2.45, 2.75) is 58.3 Å². The fourth-order valence-corrected chi connectivity index (χ4v) is 3.25. The highest BCUT2D eigenvalue weighted by Crippen LogP contribution is 2.33. The molecule has 1 aromatic rings. The summed E-state index contributed by atoms with van der Waals surface area (Å²) in [5.41, 5.74) is 0.577. The van der Waals surface area contributed by atoms with Crippen LogP contribution in [0, 0.1) is 23.2 Å². The summed E-state index contributed by atoms with van der Waals surface area (Å²) in [4.78, 5) is 12.3. The van der Waals surface area contributed by atoms with E-state index in [9.17, 15) is 4.79 Å². The summed E-state index contributed by atoms with van der Waals surface area (Å²) >= 11 is 0. The molecule has 0 unspecified atom stereocenters. The lowest BCUT2D eigenvalue weighted by molar-refractivity contribution is -0.140. The van der Waals surface area contributed by atoms with Crippen LogP contribution in [0.2, 0.25) is 0 Å². The van der Waals surface area contributed by atoms with Gasteiger partial charge in [0.1, 0.15) is 5.75 Å². The summed E-state index contributed by atoms with van der Waals surface area (Å²) < 4.78 is 5.48. The zero-order valence-corrected chi connectivity index (χ0v) is 13.4. The molecule has 1 aliphatic carbocycles. The first kappa shape index (κ1) is 16.5. The average Bonchev–Trinajstić information content (AvgIpc) is 2.56. The summed E-state index contributed by atoms with van der Waals surface area (Å²) in [7, 11) is 0. The van der Waals surface area contributed by atoms with Gasteiger partial charge in [-0.15, -0.1) is 0 Å². The van der Waals surface area contributed by atoms with Gasteiger partial charge in [-0.1, -0.05) is 45.4 Å². The van der Waals surface area contributed by atoms with Crippen LogP contribution in [0.5, 0.6) is 5.75 Å². The van der Waals surface area contributed by atoms with Crippen LogP contribution in [-0.2, 0) is 4.79 Å². The molecule has 2 rings (SSSR count). The molecule has 0 aromatic heterocycles. The van der Waals surface area contributed by atoms with Crippen molar-refractivity contribution in [2.75, 3.05) is 0 Å². The van der Waals surface area contributed by atoms with Gasteiger partial charge in [0.25, 0.3) is 0 Å². The fourth-order valence-electron chi connectivity index (χ4n) is 3.25. The maximum Gasteiger partial charge on any atom is 0.314 e. The zero-order chi connectivity index (χ0) is 15.8. The van der Waals surface area contributed by atoms with E-state index in [0.29, 0.717) is 17.2 Å². The number of nitrogens with zero attached hydrogens (tertiary/aromatic N) is 1. The fraction of sp³-hybridized carbons (Fsp3) is 0.579. The van der Waals surface area contributed by atoms with Crippen molar-refractivity contribution in [3.63, 3.8) is 0 Å². The van der Waals surface area contributed by atoms with Crippen LogP contribution < -0.4 is 4.74 Å². The van der Waals surface area contributed by atoms with Crippen LogP contribution >= 0.6 is 0 Å². The minimum Gasteiger partial charge on any atom is -0.426 e. The van der Waals surface area contributed by atoms with Crippen LogP contribution in [-0.4, -0.2) is 5.97 Å². The Morgan fingerprint density at radius 2 is 2.05 bits per heavy atom. The van der Waals surface area contributed by atoms with Crippen LogP contribution in [0.1, 0.15) is 63.9 Å². The minimum absolute atomic E-state index is 0.0380. The van der Waals surface area contributed by atoms with Crippen molar-refractivity contribution in [1.82, 2.24) is 0 Å². The Morgan fingerprint density at radius 1 is 1.27 bits per heavy atom. The van der Waals surface area contributed by atoms with E-state index in [4.69, 9.17) is 10.00 Å². The molecule has 1 aromatic carbocycles. The molecule has 1 saturated carbocycles. The maximum atomic E-state index is 12.3. The Balaban J connectivity index is 1.84. The number of hydrogen-bond donors (Lipinski definition) is 0. The highest BCUT2D eigenvalue weighted by molar-refractivity contribution is 5.75. The molecule has 1 aliphatic rings. The predicted molar refractivity (Wildman–Crippen MR) is 86.4 cm³/mol. The van der Waals surface area contributed by atoms with E-state index in [-0.39, 0.29) is 11.9 Å². The molecule has 118 valence electrons. The molecule has 0 bridgehead atoms. The molecule has 0 aliphatic heterocycles. The third-order valence-electron chi connectivity index (χ3n) is 4.53. The summed E-state index contributed by atoms with van der Waals surface area (Å²) in [6.07, 6.45) is 9.35. The predicted octanol–water partition coefficient (Wildman–Crippen LogP) is 4.85. The number of nitriles is 1. The smallest absolute Gasteiger partial charge is 0.314 e. The number of esters is 1. The molecule has 0 radical (unpaired) electrons. The molecular weight excluding hydrogens is 274 g/mol. The molecule has 3 heteroatoms. The van der Waals surface area contributed by atoms with Gasteiger partial charge in [-0.05, 0) is 43.0 Å². The zero-order valence-electron chi connectivity index (χ0n) is 13.4. The third kappa shape index (κ3) is 4.87. The van der Waals surface area contributed by atoms with Gasteiger partial charge in [-0.3, -0.25) is 4.79 Å². The Kier molecular flexibility index (Phi) is 6.45. The van der Waals surface area contributed by atoms with Gasteiger partial charge in [-0.25, -0.2) is 0 Å². The van der Waals surface area contributed by atoms with Crippen molar-refractivity contribution in [3.8, 4) is 11.8 Å². The Morgan fingerprint density at radius 3 is 2.73 bits per heavy atom. The SMILES string of the molecule is CCCCC[C@H]1CCC[C@H](C(=O)Oc2ccc(C#N)cc2)C1. The van der Waals surface area contributed by atoms with Gasteiger partial charge in [0.15, 0.2) is 0 Å². The minimum atomic E-state index is -0.107.